The Hall–Kier alpha value is -2.79. The van der Waals surface area contributed by atoms with Gasteiger partial charge in [-0.2, -0.15) is 0 Å². The topological polar surface area (TPSA) is 68.1 Å². The Bertz CT molecular complexity index is 846. The van der Waals surface area contributed by atoms with E-state index < -0.39 is 5.97 Å². The van der Waals surface area contributed by atoms with E-state index in [9.17, 15) is 9.90 Å². The molecule has 0 aromatic heterocycles. The number of halogens is 1. The average Bonchev–Trinajstić information content (AvgIpc) is 2.63. The first kappa shape index (κ1) is 19.5. The van der Waals surface area contributed by atoms with Gasteiger partial charge in [-0.15, -0.1) is 6.58 Å². The quantitative estimate of drug-likeness (QED) is 0.433. The average molecular weight is 374 g/mol. The molecule has 26 heavy (non-hydrogen) atoms. The zero-order valence-electron chi connectivity index (χ0n) is 14.7. The first-order valence-electron chi connectivity index (χ1n) is 8.01. The van der Waals surface area contributed by atoms with E-state index >= 15 is 0 Å². The number of aliphatic imine (C=N–C) groups is 1. The highest BCUT2D eigenvalue weighted by molar-refractivity contribution is 6.33. The minimum atomic E-state index is -0.500. The summed E-state index contributed by atoms with van der Waals surface area (Å²) in [5, 5.41) is 10.5. The lowest BCUT2D eigenvalue weighted by molar-refractivity contribution is 0.0601. The molecule has 0 amide bonds. The van der Waals surface area contributed by atoms with E-state index in [-0.39, 0.29) is 16.3 Å². The summed E-state index contributed by atoms with van der Waals surface area (Å²) in [5.74, 6) is 0.00114. The highest BCUT2D eigenvalue weighted by atomic mass is 35.5. The number of hydrogen-bond acceptors (Lipinski definition) is 5. The number of phenols is 1. The number of nitrogens with zero attached hydrogens (tertiary/aromatic N) is 1. The van der Waals surface area contributed by atoms with Gasteiger partial charge in [-0.25, -0.2) is 4.79 Å². The Morgan fingerprint density at radius 2 is 2.12 bits per heavy atom. The maximum Gasteiger partial charge on any atom is 0.339 e. The Balaban J connectivity index is 2.33. The van der Waals surface area contributed by atoms with Gasteiger partial charge in [-0.1, -0.05) is 17.7 Å². The van der Waals surface area contributed by atoms with Crippen LogP contribution in [0.5, 0.6) is 11.5 Å². The smallest absolute Gasteiger partial charge is 0.339 e. The van der Waals surface area contributed by atoms with E-state index in [4.69, 9.17) is 16.3 Å². The van der Waals surface area contributed by atoms with E-state index in [0.29, 0.717) is 30.0 Å². The van der Waals surface area contributed by atoms with Crippen molar-refractivity contribution in [1.82, 2.24) is 0 Å². The zero-order valence-corrected chi connectivity index (χ0v) is 15.4. The third kappa shape index (κ3) is 4.64. The van der Waals surface area contributed by atoms with Crippen molar-refractivity contribution in [3.63, 3.8) is 0 Å². The molecule has 0 radical (unpaired) electrons. The van der Waals surface area contributed by atoms with Gasteiger partial charge in [0.15, 0.2) is 11.5 Å². The fourth-order valence-corrected chi connectivity index (χ4v) is 2.60. The van der Waals surface area contributed by atoms with Crippen LogP contribution in [0.3, 0.4) is 0 Å². The van der Waals surface area contributed by atoms with Crippen LogP contribution in [0.2, 0.25) is 5.02 Å². The van der Waals surface area contributed by atoms with E-state index in [1.807, 2.05) is 13.0 Å². The molecule has 1 N–H and O–H groups in total. The third-order valence-corrected chi connectivity index (χ3v) is 3.87. The Morgan fingerprint density at radius 3 is 2.73 bits per heavy atom. The second kappa shape index (κ2) is 9.06. The van der Waals surface area contributed by atoms with E-state index in [1.54, 1.807) is 36.6 Å². The predicted molar refractivity (Wildman–Crippen MR) is 103 cm³/mol. The van der Waals surface area contributed by atoms with Crippen molar-refractivity contribution >= 4 is 29.5 Å². The summed E-state index contributed by atoms with van der Waals surface area (Å²) in [4.78, 5) is 15.9. The molecule has 0 fully saturated rings. The first-order chi connectivity index (χ1) is 12.5. The molecule has 0 heterocycles. The SMILES string of the molecule is C=CCc1cc(C=Nc2ccc(C(=O)OC)c(Cl)c2)cc(OCC)c1O. The second-order valence-corrected chi connectivity index (χ2v) is 5.77. The molecule has 0 aliphatic heterocycles. The largest absolute Gasteiger partial charge is 0.504 e. The number of methoxy groups -OCH3 is 1. The highest BCUT2D eigenvalue weighted by Gasteiger charge is 2.11. The van der Waals surface area contributed by atoms with Crippen LogP contribution in [-0.2, 0) is 11.2 Å². The summed E-state index contributed by atoms with van der Waals surface area (Å²) >= 11 is 6.10. The summed E-state index contributed by atoms with van der Waals surface area (Å²) in [7, 11) is 1.30. The second-order valence-electron chi connectivity index (χ2n) is 5.37. The first-order valence-corrected chi connectivity index (χ1v) is 8.39. The molecule has 2 aromatic carbocycles. The van der Waals surface area contributed by atoms with Crippen LogP contribution in [0.1, 0.15) is 28.4 Å². The molecular formula is C20H20ClNO4. The molecule has 0 saturated carbocycles. The fraction of sp³-hybridized carbons (Fsp3) is 0.200. The molecule has 0 unspecified atom stereocenters. The van der Waals surface area contributed by atoms with Crippen molar-refractivity contribution < 1.29 is 19.4 Å². The van der Waals surface area contributed by atoms with Crippen molar-refractivity contribution in [3.05, 3.63) is 64.7 Å². The number of aromatic hydroxyl groups is 1. The predicted octanol–water partition coefficient (Wildman–Crippen LogP) is 4.71. The van der Waals surface area contributed by atoms with Gasteiger partial charge in [-0.3, -0.25) is 4.99 Å². The van der Waals surface area contributed by atoms with Crippen LogP contribution in [0.25, 0.3) is 0 Å². The van der Waals surface area contributed by atoms with E-state index in [2.05, 4.69) is 16.3 Å². The molecule has 0 aliphatic rings. The van der Waals surface area contributed by atoms with Crippen LogP contribution in [0, 0.1) is 0 Å². The minimum Gasteiger partial charge on any atom is -0.504 e. The molecule has 2 rings (SSSR count). The van der Waals surface area contributed by atoms with E-state index in [0.717, 1.165) is 5.56 Å². The minimum absolute atomic E-state index is 0.106. The molecule has 136 valence electrons. The number of allylic oxidation sites excluding steroid dienone is 1. The molecule has 6 heteroatoms. The van der Waals surface area contributed by atoms with Crippen molar-refractivity contribution in [1.29, 1.82) is 0 Å². The number of esters is 1. The molecule has 0 spiro atoms. The Kier molecular flexibility index (Phi) is 6.81. The van der Waals surface area contributed by atoms with Crippen LogP contribution in [-0.4, -0.2) is 31.0 Å². The Morgan fingerprint density at radius 1 is 1.35 bits per heavy atom. The summed E-state index contributed by atoms with van der Waals surface area (Å²) in [6.45, 7) is 5.98. The van der Waals surface area contributed by atoms with Crippen molar-refractivity contribution in [2.45, 2.75) is 13.3 Å². The van der Waals surface area contributed by atoms with Gasteiger partial charge >= 0.3 is 5.97 Å². The number of phenolic OH excluding ortho intramolecular Hbond substituents is 1. The monoisotopic (exact) mass is 373 g/mol. The maximum absolute atomic E-state index is 11.6. The van der Waals surface area contributed by atoms with Gasteiger partial charge in [0.1, 0.15) is 0 Å². The lowest BCUT2D eigenvalue weighted by atomic mass is 10.1. The maximum atomic E-state index is 11.6. The van der Waals surface area contributed by atoms with Gasteiger partial charge in [-0.05, 0) is 49.2 Å². The summed E-state index contributed by atoms with van der Waals surface area (Å²) in [6.07, 6.45) is 3.85. The highest BCUT2D eigenvalue weighted by Crippen LogP contribution is 2.32. The van der Waals surface area contributed by atoms with Gasteiger partial charge < -0.3 is 14.6 Å². The summed E-state index contributed by atoms with van der Waals surface area (Å²) < 4.78 is 10.1. The van der Waals surface area contributed by atoms with Gasteiger partial charge in [0.05, 0.1) is 30.0 Å². The molecule has 0 saturated heterocycles. The van der Waals surface area contributed by atoms with Crippen LogP contribution >= 0.6 is 11.6 Å². The van der Waals surface area contributed by atoms with Crippen LogP contribution in [0.15, 0.2) is 48.0 Å². The van der Waals surface area contributed by atoms with Gasteiger partial charge in [0.25, 0.3) is 0 Å². The summed E-state index contributed by atoms with van der Waals surface area (Å²) in [6, 6.07) is 8.33. The molecule has 0 atom stereocenters. The van der Waals surface area contributed by atoms with Crippen LogP contribution < -0.4 is 4.74 Å². The molecular weight excluding hydrogens is 354 g/mol. The number of ether oxygens (including phenoxy) is 2. The number of hydrogen-bond donors (Lipinski definition) is 1. The van der Waals surface area contributed by atoms with Crippen molar-refractivity contribution in [2.75, 3.05) is 13.7 Å². The lowest BCUT2D eigenvalue weighted by Crippen LogP contribution is -2.01. The Labute approximate surface area is 157 Å². The molecule has 0 aliphatic carbocycles. The lowest BCUT2D eigenvalue weighted by Gasteiger charge is -2.11. The standard InChI is InChI=1S/C20H20ClNO4/c1-4-6-14-9-13(10-18(19(14)23)26-5-2)12-22-15-7-8-16(17(21)11-15)20(24)25-3/h4,7-12,23H,1,5-6H2,2-3H3. The third-order valence-electron chi connectivity index (χ3n) is 3.56. The molecule has 2 aromatic rings. The van der Waals surface area contributed by atoms with Crippen molar-refractivity contribution in [3.8, 4) is 11.5 Å². The zero-order chi connectivity index (χ0) is 19.1. The number of carbonyl (C=O) groups excluding carboxylic acids is 1. The summed E-state index contributed by atoms with van der Waals surface area (Å²) in [5.41, 5.74) is 2.33. The van der Waals surface area contributed by atoms with Gasteiger partial charge in [0, 0.05) is 11.8 Å². The van der Waals surface area contributed by atoms with Crippen molar-refractivity contribution in [2.24, 2.45) is 4.99 Å². The molecule has 5 nitrogen and oxygen atoms in total. The van der Waals surface area contributed by atoms with Crippen LogP contribution in [0.4, 0.5) is 5.69 Å². The number of carbonyl (C=O) groups is 1. The fourth-order valence-electron chi connectivity index (χ4n) is 2.35. The number of rotatable bonds is 7. The number of benzene rings is 2. The van der Waals surface area contributed by atoms with E-state index in [1.165, 1.54) is 7.11 Å². The van der Waals surface area contributed by atoms with Gasteiger partial charge in [0.2, 0.25) is 0 Å². The molecule has 0 bridgehead atoms. The normalized spacial score (nSPS) is 10.7.